The molecule has 186 valence electrons. The Labute approximate surface area is 207 Å². The standard InChI is InChI=1S/C24H30N6O4S/c1-3-9-25-22(32)17-7-10-29(11-8-17)24-28-21-20(35-24)23(33)30(15-27-21)14-19(31)26-13-16-5-4-6-18(12-16)34-2/h4-6,12,15,17H,3,7-11,13-14H2,1-2H3,(H,25,32)(H,26,31). The van der Waals surface area contributed by atoms with E-state index >= 15 is 0 Å². The van der Waals surface area contributed by atoms with E-state index in [2.05, 4.69) is 25.5 Å². The summed E-state index contributed by atoms with van der Waals surface area (Å²) in [6.45, 7) is 4.34. The molecule has 0 spiro atoms. The third-order valence-electron chi connectivity index (χ3n) is 6.00. The molecule has 1 saturated heterocycles. The van der Waals surface area contributed by atoms with E-state index in [9.17, 15) is 14.4 Å². The van der Waals surface area contributed by atoms with Gasteiger partial charge in [0.1, 0.15) is 23.3 Å². The monoisotopic (exact) mass is 498 g/mol. The molecule has 11 heteroatoms. The van der Waals surface area contributed by atoms with Crippen molar-refractivity contribution in [1.82, 2.24) is 25.2 Å². The maximum atomic E-state index is 13.0. The number of carbonyl (C=O) groups excluding carboxylic acids is 2. The van der Waals surface area contributed by atoms with E-state index in [1.807, 2.05) is 31.2 Å². The van der Waals surface area contributed by atoms with Gasteiger partial charge in [0.15, 0.2) is 10.8 Å². The number of nitrogens with one attached hydrogen (secondary N) is 2. The smallest absolute Gasteiger partial charge is 0.273 e. The van der Waals surface area contributed by atoms with Crippen LogP contribution in [0.2, 0.25) is 0 Å². The zero-order valence-electron chi connectivity index (χ0n) is 20.0. The fourth-order valence-electron chi connectivity index (χ4n) is 4.00. The van der Waals surface area contributed by atoms with Crippen LogP contribution >= 0.6 is 11.3 Å². The van der Waals surface area contributed by atoms with E-state index in [1.165, 1.54) is 22.2 Å². The summed E-state index contributed by atoms with van der Waals surface area (Å²) in [4.78, 5) is 48.6. The zero-order chi connectivity index (χ0) is 24.8. The van der Waals surface area contributed by atoms with Crippen molar-refractivity contribution in [2.45, 2.75) is 39.3 Å². The van der Waals surface area contributed by atoms with Gasteiger partial charge < -0.3 is 20.3 Å². The molecule has 0 unspecified atom stereocenters. The van der Waals surface area contributed by atoms with Gasteiger partial charge in [-0.05, 0) is 37.0 Å². The highest BCUT2D eigenvalue weighted by atomic mass is 32.1. The average Bonchev–Trinajstić information content (AvgIpc) is 3.33. The number of hydrogen-bond donors (Lipinski definition) is 2. The molecule has 2 N–H and O–H groups in total. The first-order chi connectivity index (χ1) is 17.0. The zero-order valence-corrected chi connectivity index (χ0v) is 20.8. The highest BCUT2D eigenvalue weighted by Gasteiger charge is 2.26. The molecule has 1 aromatic carbocycles. The van der Waals surface area contributed by atoms with Gasteiger partial charge in [0.05, 0.1) is 7.11 Å². The van der Waals surface area contributed by atoms with Gasteiger partial charge >= 0.3 is 0 Å². The van der Waals surface area contributed by atoms with Crippen molar-refractivity contribution in [2.24, 2.45) is 5.92 Å². The van der Waals surface area contributed by atoms with E-state index in [0.717, 1.165) is 30.0 Å². The lowest BCUT2D eigenvalue weighted by Crippen LogP contribution is -2.40. The highest BCUT2D eigenvalue weighted by molar-refractivity contribution is 7.22. The van der Waals surface area contributed by atoms with Crippen LogP contribution in [0.25, 0.3) is 10.3 Å². The third-order valence-corrected chi connectivity index (χ3v) is 7.09. The van der Waals surface area contributed by atoms with Gasteiger partial charge in [0, 0.05) is 32.1 Å². The van der Waals surface area contributed by atoms with Crippen LogP contribution in [0.5, 0.6) is 5.75 Å². The number of nitrogens with zero attached hydrogens (tertiary/aromatic N) is 4. The first-order valence-electron chi connectivity index (χ1n) is 11.8. The summed E-state index contributed by atoms with van der Waals surface area (Å²) in [5.41, 5.74) is 0.993. The van der Waals surface area contributed by atoms with Crippen LogP contribution in [-0.4, -0.2) is 53.1 Å². The summed E-state index contributed by atoms with van der Waals surface area (Å²) in [6.07, 6.45) is 3.78. The molecule has 1 fully saturated rings. The van der Waals surface area contributed by atoms with Crippen molar-refractivity contribution in [1.29, 1.82) is 0 Å². The van der Waals surface area contributed by atoms with Crippen LogP contribution in [-0.2, 0) is 22.7 Å². The molecule has 0 bridgehead atoms. The van der Waals surface area contributed by atoms with Crippen LogP contribution in [0.1, 0.15) is 31.7 Å². The largest absolute Gasteiger partial charge is 0.497 e. The second-order valence-corrected chi connectivity index (χ2v) is 9.48. The molecule has 0 aliphatic carbocycles. The van der Waals surface area contributed by atoms with Gasteiger partial charge in [-0.3, -0.25) is 19.0 Å². The number of hydrogen-bond acceptors (Lipinski definition) is 8. The first-order valence-corrected chi connectivity index (χ1v) is 12.6. The predicted molar refractivity (Wildman–Crippen MR) is 135 cm³/mol. The summed E-state index contributed by atoms with van der Waals surface area (Å²) in [7, 11) is 1.59. The number of anilines is 1. The number of fused-ring (bicyclic) bond motifs is 1. The molecule has 10 nitrogen and oxygen atoms in total. The summed E-state index contributed by atoms with van der Waals surface area (Å²) >= 11 is 1.28. The number of aromatic nitrogens is 3. The van der Waals surface area contributed by atoms with Crippen LogP contribution in [0.4, 0.5) is 5.13 Å². The Kier molecular flexibility index (Phi) is 7.96. The average molecular weight is 499 g/mol. The predicted octanol–water partition coefficient (Wildman–Crippen LogP) is 1.92. The summed E-state index contributed by atoms with van der Waals surface area (Å²) in [5, 5.41) is 6.51. The number of methoxy groups -OCH3 is 1. The van der Waals surface area contributed by atoms with Crippen molar-refractivity contribution >= 4 is 38.6 Å². The molecule has 35 heavy (non-hydrogen) atoms. The minimum atomic E-state index is -0.288. The molecule has 0 radical (unpaired) electrons. The molecule has 1 aliphatic heterocycles. The third kappa shape index (κ3) is 5.97. The number of rotatable bonds is 9. The molecule has 2 aromatic heterocycles. The number of carbonyl (C=O) groups is 2. The van der Waals surface area contributed by atoms with Gasteiger partial charge in [0.25, 0.3) is 5.56 Å². The number of piperidine rings is 1. The SMILES string of the molecule is CCCNC(=O)C1CCN(c2nc3ncn(CC(=O)NCc4cccc(OC)c4)c(=O)c3s2)CC1. The van der Waals surface area contributed by atoms with E-state index in [0.29, 0.717) is 42.3 Å². The quantitative estimate of drug-likeness (QED) is 0.463. The Morgan fingerprint density at radius 2 is 2.03 bits per heavy atom. The molecular formula is C24H30N6O4S. The van der Waals surface area contributed by atoms with Gasteiger partial charge in [-0.25, -0.2) is 4.98 Å². The molecule has 4 rings (SSSR count). The Bertz CT molecular complexity index is 1250. The van der Waals surface area contributed by atoms with Crippen molar-refractivity contribution in [3.8, 4) is 5.75 Å². The van der Waals surface area contributed by atoms with Crippen LogP contribution in [0.3, 0.4) is 0 Å². The van der Waals surface area contributed by atoms with E-state index in [1.54, 1.807) is 7.11 Å². The van der Waals surface area contributed by atoms with Crippen molar-refractivity contribution in [3.63, 3.8) is 0 Å². The Balaban J connectivity index is 1.37. The van der Waals surface area contributed by atoms with E-state index in [4.69, 9.17) is 4.74 Å². The van der Waals surface area contributed by atoms with E-state index < -0.39 is 0 Å². The summed E-state index contributed by atoms with van der Waals surface area (Å²) < 4.78 is 6.92. The Hall–Kier alpha value is -3.47. The lowest BCUT2D eigenvalue weighted by molar-refractivity contribution is -0.125. The second kappa shape index (κ2) is 11.3. The number of thiazole rings is 1. The number of ether oxygens (including phenoxy) is 1. The van der Waals surface area contributed by atoms with Crippen molar-refractivity contribution < 1.29 is 14.3 Å². The summed E-state index contributed by atoms with van der Waals surface area (Å²) in [5.74, 6) is 0.555. The molecule has 2 amide bonds. The molecule has 0 atom stereocenters. The lowest BCUT2D eigenvalue weighted by Gasteiger charge is -2.30. The maximum absolute atomic E-state index is 13.0. The number of benzene rings is 1. The van der Waals surface area contributed by atoms with Crippen molar-refractivity contribution in [2.75, 3.05) is 31.6 Å². The Morgan fingerprint density at radius 3 is 2.77 bits per heavy atom. The number of amides is 2. The Morgan fingerprint density at radius 1 is 1.23 bits per heavy atom. The fraction of sp³-hybridized carbons (Fsp3) is 0.458. The molecular weight excluding hydrogens is 468 g/mol. The van der Waals surface area contributed by atoms with Crippen LogP contribution in [0, 0.1) is 5.92 Å². The fourth-order valence-corrected chi connectivity index (χ4v) is 5.02. The van der Waals surface area contributed by atoms with Gasteiger partial charge in [-0.15, -0.1) is 0 Å². The van der Waals surface area contributed by atoms with Gasteiger partial charge in [-0.1, -0.05) is 30.4 Å². The highest BCUT2D eigenvalue weighted by Crippen LogP contribution is 2.29. The van der Waals surface area contributed by atoms with Gasteiger partial charge in [-0.2, -0.15) is 4.98 Å². The van der Waals surface area contributed by atoms with Gasteiger partial charge in [0.2, 0.25) is 11.8 Å². The van der Waals surface area contributed by atoms with E-state index in [-0.39, 0.29) is 29.8 Å². The van der Waals surface area contributed by atoms with Crippen molar-refractivity contribution in [3.05, 3.63) is 46.5 Å². The van der Waals surface area contributed by atoms with Crippen LogP contribution in [0.15, 0.2) is 35.4 Å². The first kappa shape index (κ1) is 24.6. The second-order valence-electron chi connectivity index (χ2n) is 8.51. The molecule has 1 aliphatic rings. The lowest BCUT2D eigenvalue weighted by atomic mass is 9.96. The molecule has 0 saturated carbocycles. The van der Waals surface area contributed by atoms with Crippen LogP contribution < -0.4 is 25.8 Å². The summed E-state index contributed by atoms with van der Waals surface area (Å²) in [6, 6.07) is 7.43. The minimum Gasteiger partial charge on any atom is -0.497 e. The topological polar surface area (TPSA) is 118 Å². The molecule has 3 heterocycles. The normalized spacial score (nSPS) is 14.2. The minimum absolute atomic E-state index is 0.0121. The molecule has 3 aromatic rings. The maximum Gasteiger partial charge on any atom is 0.273 e.